The van der Waals surface area contributed by atoms with E-state index in [1.165, 1.54) is 0 Å². The molecule has 1 amide bonds. The van der Waals surface area contributed by atoms with Crippen molar-refractivity contribution in [3.8, 4) is 5.75 Å². The van der Waals surface area contributed by atoms with Crippen LogP contribution >= 0.6 is 0 Å². The van der Waals surface area contributed by atoms with Gasteiger partial charge in [-0.1, -0.05) is 50.2 Å². The van der Waals surface area contributed by atoms with Gasteiger partial charge in [0, 0.05) is 5.69 Å². The monoisotopic (exact) mass is 297 g/mol. The van der Waals surface area contributed by atoms with Crippen molar-refractivity contribution in [3.63, 3.8) is 0 Å². The van der Waals surface area contributed by atoms with Crippen molar-refractivity contribution in [1.82, 2.24) is 0 Å². The van der Waals surface area contributed by atoms with Crippen LogP contribution in [0.5, 0.6) is 5.75 Å². The summed E-state index contributed by atoms with van der Waals surface area (Å²) in [5.74, 6) is 0.902. The number of anilines is 1. The van der Waals surface area contributed by atoms with Crippen molar-refractivity contribution < 1.29 is 9.53 Å². The Balaban J connectivity index is 2.12. The van der Waals surface area contributed by atoms with Crippen LogP contribution in [0.2, 0.25) is 0 Å². The van der Waals surface area contributed by atoms with Crippen LogP contribution in [0.4, 0.5) is 5.69 Å². The van der Waals surface area contributed by atoms with Crippen molar-refractivity contribution in [2.45, 2.75) is 39.7 Å². The third-order valence-corrected chi connectivity index (χ3v) is 3.60. The number of carbonyl (C=O) groups excluding carboxylic acids is 1. The Hall–Kier alpha value is -2.29. The Bertz CT molecular complexity index is 635. The standard InChI is InChI=1S/C19H23NO2/c1-13(2)17-12-8-9-14(3)18(17)20-19(21)15(4)22-16-10-6-5-7-11-16/h5-13,15H,1-4H3,(H,20,21). The lowest BCUT2D eigenvalue weighted by molar-refractivity contribution is -0.122. The minimum Gasteiger partial charge on any atom is -0.481 e. The molecule has 2 rings (SSSR count). The maximum Gasteiger partial charge on any atom is 0.265 e. The van der Waals surface area contributed by atoms with Crippen molar-refractivity contribution in [2.75, 3.05) is 5.32 Å². The molecule has 0 saturated carbocycles. The zero-order chi connectivity index (χ0) is 16.1. The molecule has 0 heterocycles. The quantitative estimate of drug-likeness (QED) is 0.881. The molecule has 2 aromatic rings. The summed E-state index contributed by atoms with van der Waals surface area (Å²) in [6.45, 7) is 8.00. The summed E-state index contributed by atoms with van der Waals surface area (Å²) in [6, 6.07) is 15.5. The van der Waals surface area contributed by atoms with Crippen LogP contribution in [0.15, 0.2) is 48.5 Å². The van der Waals surface area contributed by atoms with Gasteiger partial charge >= 0.3 is 0 Å². The molecule has 0 aliphatic heterocycles. The summed E-state index contributed by atoms with van der Waals surface area (Å²) >= 11 is 0. The third-order valence-electron chi connectivity index (χ3n) is 3.60. The van der Waals surface area contributed by atoms with Gasteiger partial charge in [-0.2, -0.15) is 0 Å². The Morgan fingerprint density at radius 1 is 1.00 bits per heavy atom. The normalized spacial score (nSPS) is 12.0. The molecule has 3 nitrogen and oxygen atoms in total. The van der Waals surface area contributed by atoms with E-state index in [0.717, 1.165) is 16.8 Å². The van der Waals surface area contributed by atoms with Crippen LogP contribution in [0, 0.1) is 6.92 Å². The summed E-state index contributed by atoms with van der Waals surface area (Å²) in [5, 5.41) is 3.02. The first-order valence-corrected chi connectivity index (χ1v) is 7.61. The predicted molar refractivity (Wildman–Crippen MR) is 90.4 cm³/mol. The van der Waals surface area contributed by atoms with Crippen molar-refractivity contribution in [2.24, 2.45) is 0 Å². The highest BCUT2D eigenvalue weighted by Gasteiger charge is 2.18. The molecule has 22 heavy (non-hydrogen) atoms. The van der Waals surface area contributed by atoms with E-state index in [0.29, 0.717) is 11.7 Å². The van der Waals surface area contributed by atoms with Crippen LogP contribution in [-0.2, 0) is 4.79 Å². The highest BCUT2D eigenvalue weighted by Crippen LogP contribution is 2.27. The second kappa shape index (κ2) is 7.12. The molecule has 1 unspecified atom stereocenters. The average Bonchev–Trinajstić information content (AvgIpc) is 2.49. The molecular weight excluding hydrogens is 274 g/mol. The van der Waals surface area contributed by atoms with E-state index >= 15 is 0 Å². The van der Waals surface area contributed by atoms with Gasteiger partial charge in [0.1, 0.15) is 5.75 Å². The topological polar surface area (TPSA) is 38.3 Å². The molecule has 0 aliphatic carbocycles. The minimum atomic E-state index is -0.554. The van der Waals surface area contributed by atoms with E-state index in [9.17, 15) is 4.79 Å². The van der Waals surface area contributed by atoms with E-state index in [4.69, 9.17) is 4.74 Å². The first-order chi connectivity index (χ1) is 10.5. The maximum atomic E-state index is 12.4. The lowest BCUT2D eigenvalue weighted by atomic mass is 9.98. The fraction of sp³-hybridized carbons (Fsp3) is 0.316. The lowest BCUT2D eigenvalue weighted by Gasteiger charge is -2.19. The van der Waals surface area contributed by atoms with Crippen molar-refractivity contribution >= 4 is 11.6 Å². The minimum absolute atomic E-state index is 0.139. The average molecular weight is 297 g/mol. The van der Waals surface area contributed by atoms with Crippen LogP contribution in [0.25, 0.3) is 0 Å². The fourth-order valence-corrected chi connectivity index (χ4v) is 2.32. The fourth-order valence-electron chi connectivity index (χ4n) is 2.32. The molecule has 0 bridgehead atoms. The number of benzene rings is 2. The van der Waals surface area contributed by atoms with Crippen LogP contribution in [0.3, 0.4) is 0 Å². The summed E-state index contributed by atoms with van der Waals surface area (Å²) < 4.78 is 5.68. The van der Waals surface area contributed by atoms with E-state index in [2.05, 4.69) is 25.2 Å². The van der Waals surface area contributed by atoms with Gasteiger partial charge in [-0.25, -0.2) is 0 Å². The van der Waals surface area contributed by atoms with E-state index in [1.54, 1.807) is 6.92 Å². The van der Waals surface area contributed by atoms with Crippen molar-refractivity contribution in [3.05, 3.63) is 59.7 Å². The molecule has 2 aromatic carbocycles. The number of nitrogens with one attached hydrogen (secondary N) is 1. The highest BCUT2D eigenvalue weighted by atomic mass is 16.5. The summed E-state index contributed by atoms with van der Waals surface area (Å²) in [5.41, 5.74) is 3.10. The molecule has 0 aliphatic rings. The first-order valence-electron chi connectivity index (χ1n) is 7.61. The maximum absolute atomic E-state index is 12.4. The number of aryl methyl sites for hydroxylation is 1. The number of hydrogen-bond acceptors (Lipinski definition) is 2. The number of rotatable bonds is 5. The highest BCUT2D eigenvalue weighted by molar-refractivity contribution is 5.95. The predicted octanol–water partition coefficient (Wildman–Crippen LogP) is 4.52. The number of para-hydroxylation sites is 2. The second-order valence-electron chi connectivity index (χ2n) is 5.76. The zero-order valence-electron chi connectivity index (χ0n) is 13.6. The molecule has 3 heteroatoms. The Labute approximate surface area is 132 Å². The summed E-state index contributed by atoms with van der Waals surface area (Å²) in [4.78, 5) is 12.4. The van der Waals surface area contributed by atoms with Crippen LogP contribution < -0.4 is 10.1 Å². The molecular formula is C19H23NO2. The van der Waals surface area contributed by atoms with Gasteiger partial charge in [-0.15, -0.1) is 0 Å². The molecule has 1 atom stereocenters. The van der Waals surface area contributed by atoms with E-state index in [-0.39, 0.29) is 5.91 Å². The Kier molecular flexibility index (Phi) is 5.21. The van der Waals surface area contributed by atoms with Gasteiger partial charge in [-0.05, 0) is 43.0 Å². The third kappa shape index (κ3) is 3.88. The molecule has 0 saturated heterocycles. The van der Waals surface area contributed by atoms with Gasteiger partial charge < -0.3 is 10.1 Å². The SMILES string of the molecule is Cc1cccc(C(C)C)c1NC(=O)C(C)Oc1ccccc1. The van der Waals surface area contributed by atoms with Gasteiger partial charge in [0.25, 0.3) is 5.91 Å². The van der Waals surface area contributed by atoms with Gasteiger partial charge in [0.2, 0.25) is 0 Å². The number of amides is 1. The first kappa shape index (κ1) is 16.1. The van der Waals surface area contributed by atoms with Gasteiger partial charge in [0.15, 0.2) is 6.10 Å². The van der Waals surface area contributed by atoms with Gasteiger partial charge in [-0.3, -0.25) is 4.79 Å². The molecule has 0 aromatic heterocycles. The smallest absolute Gasteiger partial charge is 0.265 e. The summed E-state index contributed by atoms with van der Waals surface area (Å²) in [6.07, 6.45) is -0.554. The van der Waals surface area contributed by atoms with Crippen LogP contribution in [-0.4, -0.2) is 12.0 Å². The second-order valence-corrected chi connectivity index (χ2v) is 5.76. The van der Waals surface area contributed by atoms with Crippen LogP contribution in [0.1, 0.15) is 37.8 Å². The number of carbonyl (C=O) groups is 1. The van der Waals surface area contributed by atoms with Gasteiger partial charge in [0.05, 0.1) is 0 Å². The number of ether oxygens (including phenoxy) is 1. The zero-order valence-corrected chi connectivity index (χ0v) is 13.6. The largest absolute Gasteiger partial charge is 0.481 e. The molecule has 0 radical (unpaired) electrons. The summed E-state index contributed by atoms with van der Waals surface area (Å²) in [7, 11) is 0. The Morgan fingerprint density at radius 3 is 2.32 bits per heavy atom. The lowest BCUT2D eigenvalue weighted by Crippen LogP contribution is -2.30. The number of hydrogen-bond donors (Lipinski definition) is 1. The van der Waals surface area contributed by atoms with E-state index in [1.807, 2.05) is 49.4 Å². The molecule has 1 N–H and O–H groups in total. The van der Waals surface area contributed by atoms with Crippen molar-refractivity contribution in [1.29, 1.82) is 0 Å². The van der Waals surface area contributed by atoms with E-state index < -0.39 is 6.10 Å². The molecule has 116 valence electrons. The molecule has 0 fully saturated rings. The Morgan fingerprint density at radius 2 is 1.68 bits per heavy atom. The molecule has 0 spiro atoms.